The summed E-state index contributed by atoms with van der Waals surface area (Å²) in [4.78, 5) is 1.84. The van der Waals surface area contributed by atoms with E-state index in [9.17, 15) is 8.78 Å². The Bertz CT molecular complexity index is 305. The fourth-order valence-electron chi connectivity index (χ4n) is 1.82. The Labute approximate surface area is 95.1 Å². The van der Waals surface area contributed by atoms with Gasteiger partial charge in [-0.15, -0.1) is 0 Å². The van der Waals surface area contributed by atoms with Crippen molar-refractivity contribution in [2.45, 2.75) is 19.4 Å². The maximum atomic E-state index is 12.4. The minimum atomic E-state index is -2.25. The molecule has 1 aliphatic rings. The molecule has 1 radical (unpaired) electrons. The predicted molar refractivity (Wildman–Crippen MR) is 60.1 cm³/mol. The van der Waals surface area contributed by atoms with Gasteiger partial charge in [-0.2, -0.15) is 0 Å². The SMILES string of the molecule is FC(F)CN(Cc1ccccc1)CC1[CH]C1. The van der Waals surface area contributed by atoms with Gasteiger partial charge in [0.1, 0.15) is 0 Å². The third kappa shape index (κ3) is 3.89. The molecule has 0 heterocycles. The average Bonchev–Trinajstić information content (AvgIpc) is 3.02. The zero-order valence-corrected chi connectivity index (χ0v) is 9.15. The van der Waals surface area contributed by atoms with E-state index in [0.717, 1.165) is 18.5 Å². The van der Waals surface area contributed by atoms with Gasteiger partial charge in [0.15, 0.2) is 0 Å². The van der Waals surface area contributed by atoms with E-state index in [0.29, 0.717) is 12.5 Å². The Balaban J connectivity index is 1.90. The summed E-state index contributed by atoms with van der Waals surface area (Å²) in [5, 5.41) is 0. The monoisotopic (exact) mass is 224 g/mol. The normalized spacial score (nSPS) is 16.0. The fraction of sp³-hybridized carbons (Fsp3) is 0.462. The second-order valence-corrected chi connectivity index (χ2v) is 4.30. The molecule has 87 valence electrons. The van der Waals surface area contributed by atoms with Gasteiger partial charge < -0.3 is 0 Å². The van der Waals surface area contributed by atoms with Crippen LogP contribution in [0.1, 0.15) is 12.0 Å². The van der Waals surface area contributed by atoms with Gasteiger partial charge in [0.25, 0.3) is 6.43 Å². The molecule has 0 bridgehead atoms. The van der Waals surface area contributed by atoms with Crippen molar-refractivity contribution in [2.75, 3.05) is 13.1 Å². The molecule has 0 aliphatic heterocycles. The van der Waals surface area contributed by atoms with E-state index in [-0.39, 0.29) is 6.54 Å². The summed E-state index contributed by atoms with van der Waals surface area (Å²) in [6.45, 7) is 1.26. The highest BCUT2D eigenvalue weighted by Gasteiger charge is 2.25. The molecule has 0 saturated heterocycles. The molecule has 1 atom stereocenters. The lowest BCUT2D eigenvalue weighted by molar-refractivity contribution is 0.0828. The van der Waals surface area contributed by atoms with Crippen molar-refractivity contribution in [2.24, 2.45) is 5.92 Å². The highest BCUT2D eigenvalue weighted by molar-refractivity contribution is 5.14. The van der Waals surface area contributed by atoms with E-state index < -0.39 is 6.43 Å². The Morgan fingerprint density at radius 2 is 1.94 bits per heavy atom. The largest absolute Gasteiger partial charge is 0.293 e. The predicted octanol–water partition coefficient (Wildman–Crippen LogP) is 2.98. The molecule has 1 aliphatic carbocycles. The van der Waals surface area contributed by atoms with Crippen molar-refractivity contribution < 1.29 is 8.78 Å². The lowest BCUT2D eigenvalue weighted by Crippen LogP contribution is -2.30. The summed E-state index contributed by atoms with van der Waals surface area (Å²) in [6, 6.07) is 9.79. The lowest BCUT2D eigenvalue weighted by atomic mass is 10.2. The lowest BCUT2D eigenvalue weighted by Gasteiger charge is -2.21. The highest BCUT2D eigenvalue weighted by Crippen LogP contribution is 2.28. The molecule has 1 saturated carbocycles. The van der Waals surface area contributed by atoms with Crippen LogP contribution >= 0.6 is 0 Å². The number of halogens is 2. The molecule has 0 aromatic heterocycles. The summed E-state index contributed by atoms with van der Waals surface area (Å²) in [5.74, 6) is 0.530. The topological polar surface area (TPSA) is 3.24 Å². The molecule has 0 amide bonds. The zero-order chi connectivity index (χ0) is 11.4. The molecule has 2 rings (SSSR count). The van der Waals surface area contributed by atoms with Crippen LogP contribution in [0.5, 0.6) is 0 Å². The van der Waals surface area contributed by atoms with Crippen LogP contribution in [-0.4, -0.2) is 24.4 Å². The minimum Gasteiger partial charge on any atom is -0.293 e. The smallest absolute Gasteiger partial charge is 0.251 e. The first kappa shape index (κ1) is 11.5. The third-order valence-electron chi connectivity index (χ3n) is 2.71. The van der Waals surface area contributed by atoms with Crippen LogP contribution in [0, 0.1) is 12.3 Å². The molecule has 0 N–H and O–H groups in total. The molecular formula is C13H16F2N. The first-order valence-corrected chi connectivity index (χ1v) is 5.62. The Kier molecular flexibility index (Phi) is 3.88. The first-order valence-electron chi connectivity index (χ1n) is 5.62. The Morgan fingerprint density at radius 3 is 2.50 bits per heavy atom. The molecule has 1 aromatic rings. The van der Waals surface area contributed by atoms with Crippen molar-refractivity contribution in [1.29, 1.82) is 0 Å². The molecular weight excluding hydrogens is 208 g/mol. The third-order valence-corrected chi connectivity index (χ3v) is 2.71. The zero-order valence-electron chi connectivity index (χ0n) is 9.15. The summed E-state index contributed by atoms with van der Waals surface area (Å²) < 4.78 is 24.8. The number of alkyl halides is 2. The number of benzene rings is 1. The second kappa shape index (κ2) is 5.39. The fourth-order valence-corrected chi connectivity index (χ4v) is 1.82. The average molecular weight is 224 g/mol. The van der Waals surface area contributed by atoms with Crippen LogP contribution < -0.4 is 0 Å². The molecule has 3 heteroatoms. The highest BCUT2D eigenvalue weighted by atomic mass is 19.3. The van der Waals surface area contributed by atoms with Crippen LogP contribution in [0.15, 0.2) is 30.3 Å². The molecule has 1 unspecified atom stereocenters. The van der Waals surface area contributed by atoms with Crippen molar-refractivity contribution in [3.05, 3.63) is 42.3 Å². The van der Waals surface area contributed by atoms with E-state index in [4.69, 9.17) is 0 Å². The molecule has 1 nitrogen and oxygen atoms in total. The number of hydrogen-bond donors (Lipinski definition) is 0. The van der Waals surface area contributed by atoms with Crippen LogP contribution in [0.4, 0.5) is 8.78 Å². The Hall–Kier alpha value is -0.960. The minimum absolute atomic E-state index is 0.126. The van der Waals surface area contributed by atoms with Crippen LogP contribution in [0.25, 0.3) is 0 Å². The van der Waals surface area contributed by atoms with Gasteiger partial charge in [-0.25, -0.2) is 8.78 Å². The standard InChI is InChI=1S/C13H16F2N/c14-13(15)10-16(9-12-6-7-12)8-11-4-2-1-3-5-11/h1-6,12-13H,7-10H2. The van der Waals surface area contributed by atoms with Gasteiger partial charge in [-0.3, -0.25) is 4.90 Å². The number of nitrogens with zero attached hydrogens (tertiary/aromatic N) is 1. The van der Waals surface area contributed by atoms with Gasteiger partial charge in [-0.1, -0.05) is 30.3 Å². The molecule has 0 spiro atoms. The van der Waals surface area contributed by atoms with Crippen molar-refractivity contribution in [3.63, 3.8) is 0 Å². The van der Waals surface area contributed by atoms with Gasteiger partial charge in [0, 0.05) is 13.1 Å². The maximum Gasteiger partial charge on any atom is 0.251 e. The van der Waals surface area contributed by atoms with Crippen molar-refractivity contribution in [1.82, 2.24) is 4.90 Å². The molecule has 1 fully saturated rings. The van der Waals surface area contributed by atoms with Crippen LogP contribution in [0.2, 0.25) is 0 Å². The van der Waals surface area contributed by atoms with Crippen LogP contribution in [0.3, 0.4) is 0 Å². The molecule has 16 heavy (non-hydrogen) atoms. The Morgan fingerprint density at radius 1 is 1.25 bits per heavy atom. The summed E-state index contributed by atoms with van der Waals surface area (Å²) in [5.41, 5.74) is 1.10. The quantitative estimate of drug-likeness (QED) is 0.718. The summed E-state index contributed by atoms with van der Waals surface area (Å²) in [7, 11) is 0. The second-order valence-electron chi connectivity index (χ2n) is 4.30. The maximum absolute atomic E-state index is 12.4. The summed E-state index contributed by atoms with van der Waals surface area (Å²) in [6.07, 6.45) is 1.00. The van der Waals surface area contributed by atoms with E-state index in [2.05, 4.69) is 6.42 Å². The first-order chi connectivity index (χ1) is 7.74. The van der Waals surface area contributed by atoms with Gasteiger partial charge in [0.05, 0.1) is 6.54 Å². The van der Waals surface area contributed by atoms with E-state index in [1.54, 1.807) is 0 Å². The number of hydrogen-bond acceptors (Lipinski definition) is 1. The van der Waals surface area contributed by atoms with Gasteiger partial charge in [0.2, 0.25) is 0 Å². The van der Waals surface area contributed by atoms with Crippen molar-refractivity contribution in [3.8, 4) is 0 Å². The van der Waals surface area contributed by atoms with E-state index >= 15 is 0 Å². The van der Waals surface area contributed by atoms with Gasteiger partial charge >= 0.3 is 0 Å². The van der Waals surface area contributed by atoms with Crippen LogP contribution in [-0.2, 0) is 6.54 Å². The summed E-state index contributed by atoms with van der Waals surface area (Å²) >= 11 is 0. The van der Waals surface area contributed by atoms with E-state index in [1.807, 2.05) is 35.2 Å². The van der Waals surface area contributed by atoms with E-state index in [1.165, 1.54) is 0 Å². The molecule has 1 aromatic carbocycles. The van der Waals surface area contributed by atoms with Crippen molar-refractivity contribution >= 4 is 0 Å². The van der Waals surface area contributed by atoms with Gasteiger partial charge in [-0.05, 0) is 24.3 Å². The number of rotatable bonds is 6.